The highest BCUT2D eigenvalue weighted by Gasteiger charge is 2.59. The first-order valence-corrected chi connectivity index (χ1v) is 27.1. The molecule has 17 heteroatoms. The summed E-state index contributed by atoms with van der Waals surface area (Å²) in [5.41, 5.74) is 7.45. The molecule has 1 aromatic carbocycles. The van der Waals surface area contributed by atoms with Crippen molar-refractivity contribution in [2.45, 2.75) is 170 Å². The lowest BCUT2D eigenvalue weighted by Crippen LogP contribution is -2.60. The maximum atomic E-state index is 15.2. The van der Waals surface area contributed by atoms with Gasteiger partial charge in [0.1, 0.15) is 30.3 Å². The first-order valence-electron chi connectivity index (χ1n) is 27.1. The topological polar surface area (TPSA) is 255 Å². The van der Waals surface area contributed by atoms with E-state index in [-0.39, 0.29) is 53.8 Å². The van der Waals surface area contributed by atoms with Gasteiger partial charge in [-0.2, -0.15) is 0 Å². The number of carboxylic acids is 1. The van der Waals surface area contributed by atoms with Crippen molar-refractivity contribution in [1.29, 1.82) is 0 Å². The minimum absolute atomic E-state index is 0.0346. The minimum atomic E-state index is -1.23. The fraction of sp³-hybridized carbons (Fsp3) is 0.684. The van der Waals surface area contributed by atoms with Crippen LogP contribution in [0, 0.1) is 52.3 Å². The van der Waals surface area contributed by atoms with Crippen molar-refractivity contribution in [3.05, 3.63) is 59.7 Å². The van der Waals surface area contributed by atoms with E-state index in [9.17, 15) is 38.7 Å². The van der Waals surface area contributed by atoms with Crippen molar-refractivity contribution in [1.82, 2.24) is 31.5 Å². The molecule has 5 rings (SSSR count). The molecule has 6 amide bonds. The number of rotatable bonds is 24. The number of nitrogens with zero attached hydrogens (tertiary/aromatic N) is 1. The van der Waals surface area contributed by atoms with Crippen molar-refractivity contribution >= 4 is 47.4 Å². The fourth-order valence-electron chi connectivity index (χ4n) is 12.7. The average Bonchev–Trinajstić information content (AvgIpc) is 3.68. The van der Waals surface area contributed by atoms with E-state index in [0.717, 1.165) is 44.1 Å². The van der Waals surface area contributed by atoms with Crippen LogP contribution in [0.2, 0.25) is 0 Å². The molecule has 410 valence electrons. The Labute approximate surface area is 439 Å². The van der Waals surface area contributed by atoms with E-state index in [1.807, 2.05) is 50.3 Å². The number of fused-ring (bicyclic) bond motifs is 5. The second kappa shape index (κ2) is 25.8. The number of carbonyl (C=O) groups is 8. The maximum absolute atomic E-state index is 15.2. The van der Waals surface area contributed by atoms with E-state index in [1.165, 1.54) is 10.5 Å². The molecule has 4 aliphatic carbocycles. The maximum Gasteiger partial charge on any atom is 0.407 e. The summed E-state index contributed by atoms with van der Waals surface area (Å²) in [6, 6.07) is 4.89. The Balaban J connectivity index is 1.32. The standard InChI is InChI=1S/C57H87N7O10/c1-34(2)28-45(61-52(71)49(35(3)4)63-50(69)44(58)18-14-15-27-59-54(73)74-55(6,7)8)51(70)62-46(29-37-16-12-11-13-17-37)53(72)64(33-47(66)60-31-48(67)68)32-36(5)41-21-22-42-40-20-19-38-30-39(65)23-25-56(38,9)43(40)24-26-57(41,42)10/h11-13,16-17,23,25,30,34-36,40-46,49H,14-15,18-22,24,26-29,31-33,58H2,1-10H3,(H,59,73)(H,60,66)(H,61,71)(H,62,70)(H,63,69)(H,67,68)/t36-,40+,41-,42+,43+,44+,45+,46+,49+,56+,57-/m1/s1. The van der Waals surface area contributed by atoms with Crippen LogP contribution in [-0.4, -0.2) is 113 Å². The van der Waals surface area contributed by atoms with Gasteiger partial charge in [0.2, 0.25) is 29.5 Å². The Kier molecular flexibility index (Phi) is 20.7. The highest BCUT2D eigenvalue weighted by atomic mass is 16.6. The second-order valence-corrected chi connectivity index (χ2v) is 23.9. The van der Waals surface area contributed by atoms with Crippen LogP contribution in [-0.2, 0) is 44.7 Å². The number of alkyl carbamates (subject to hydrolysis) is 1. The van der Waals surface area contributed by atoms with Crippen LogP contribution < -0.4 is 32.3 Å². The van der Waals surface area contributed by atoms with Gasteiger partial charge < -0.3 is 47.1 Å². The van der Waals surface area contributed by atoms with Gasteiger partial charge in [0, 0.05) is 24.9 Å². The van der Waals surface area contributed by atoms with E-state index in [2.05, 4.69) is 53.4 Å². The summed E-state index contributed by atoms with van der Waals surface area (Å²) in [6.45, 7) is 18.9. The van der Waals surface area contributed by atoms with Crippen LogP contribution in [0.15, 0.2) is 54.1 Å². The fourth-order valence-corrected chi connectivity index (χ4v) is 12.7. The normalized spacial score (nSPS) is 25.1. The Morgan fingerprint density at radius 2 is 1.54 bits per heavy atom. The Morgan fingerprint density at radius 1 is 0.851 bits per heavy atom. The van der Waals surface area contributed by atoms with E-state index in [1.54, 1.807) is 40.7 Å². The molecule has 1 aromatic rings. The Hall–Kier alpha value is -5.58. The van der Waals surface area contributed by atoms with Gasteiger partial charge >= 0.3 is 12.1 Å². The number of hydrogen-bond acceptors (Lipinski definition) is 10. The minimum Gasteiger partial charge on any atom is -0.480 e. The van der Waals surface area contributed by atoms with Gasteiger partial charge in [-0.15, -0.1) is 0 Å². The second-order valence-electron chi connectivity index (χ2n) is 23.9. The SMILES string of the molecule is CC(C)C[C@H](NC(=O)[C@@H](NC(=O)[C@@H](N)CCCCNC(=O)OC(C)(C)C)C(C)C)C(=O)N[C@@H](Cc1ccccc1)C(=O)N(CC(=O)NCC(=O)O)C[C@@H](C)[C@H]1CC[C@H]2[C@@H]3CCC4=CC(=O)C=C[C@]4(C)[C@H]3CC[C@]12C. The molecule has 8 N–H and O–H groups in total. The Morgan fingerprint density at radius 3 is 2.19 bits per heavy atom. The van der Waals surface area contributed by atoms with Crippen molar-refractivity contribution in [2.75, 3.05) is 26.2 Å². The highest BCUT2D eigenvalue weighted by Crippen LogP contribution is 2.67. The monoisotopic (exact) mass is 1030 g/mol. The predicted molar refractivity (Wildman–Crippen MR) is 283 cm³/mol. The lowest BCUT2D eigenvalue weighted by atomic mass is 9.47. The van der Waals surface area contributed by atoms with Crippen molar-refractivity contribution < 1.29 is 48.2 Å². The van der Waals surface area contributed by atoms with Crippen LogP contribution in [0.4, 0.5) is 4.79 Å². The zero-order valence-corrected chi connectivity index (χ0v) is 45.7. The quantitative estimate of drug-likeness (QED) is 0.0592. The molecule has 0 saturated heterocycles. The van der Waals surface area contributed by atoms with Gasteiger partial charge in [0.15, 0.2) is 5.78 Å². The number of aliphatic carboxylic acids is 1. The van der Waals surface area contributed by atoms with E-state index in [0.29, 0.717) is 43.6 Å². The van der Waals surface area contributed by atoms with Crippen molar-refractivity contribution in [3.8, 4) is 0 Å². The van der Waals surface area contributed by atoms with Gasteiger partial charge in [-0.25, -0.2) is 4.79 Å². The summed E-state index contributed by atoms with van der Waals surface area (Å²) in [4.78, 5) is 108. The number of amides is 6. The number of hydrogen-bond donors (Lipinski definition) is 7. The molecule has 0 aromatic heterocycles. The molecular formula is C57H87N7O10. The average molecular weight is 1030 g/mol. The molecule has 0 bridgehead atoms. The summed E-state index contributed by atoms with van der Waals surface area (Å²) in [5.74, 6) is -3.05. The summed E-state index contributed by atoms with van der Waals surface area (Å²) in [7, 11) is 0. The van der Waals surface area contributed by atoms with Gasteiger partial charge in [0.25, 0.3) is 0 Å². The van der Waals surface area contributed by atoms with Crippen LogP contribution >= 0.6 is 0 Å². The molecule has 0 spiro atoms. The first kappa shape index (κ1) is 59.3. The van der Waals surface area contributed by atoms with Crippen LogP contribution in [0.1, 0.15) is 139 Å². The zero-order valence-electron chi connectivity index (χ0n) is 45.7. The predicted octanol–water partition coefficient (Wildman–Crippen LogP) is 6.00. The third-order valence-corrected chi connectivity index (χ3v) is 16.3. The first-order chi connectivity index (χ1) is 34.7. The smallest absolute Gasteiger partial charge is 0.407 e. The molecule has 0 radical (unpaired) electrons. The molecule has 3 saturated carbocycles. The largest absolute Gasteiger partial charge is 0.480 e. The lowest BCUT2D eigenvalue weighted by Gasteiger charge is -2.57. The van der Waals surface area contributed by atoms with Crippen LogP contribution in [0.25, 0.3) is 0 Å². The van der Waals surface area contributed by atoms with Gasteiger partial charge in [-0.1, -0.05) is 90.4 Å². The van der Waals surface area contributed by atoms with E-state index >= 15 is 4.79 Å². The van der Waals surface area contributed by atoms with Crippen LogP contribution in [0.5, 0.6) is 0 Å². The number of allylic oxidation sites excluding steroid dienone is 4. The highest BCUT2D eigenvalue weighted by molar-refractivity contribution is 6.01. The molecule has 0 aliphatic heterocycles. The summed E-state index contributed by atoms with van der Waals surface area (Å²) in [6.07, 6.45) is 12.7. The number of nitrogens with two attached hydrogens (primary N) is 1. The number of ether oxygens (including phenoxy) is 1. The molecule has 0 unspecified atom stereocenters. The number of carbonyl (C=O) groups excluding carboxylic acids is 7. The molecule has 17 nitrogen and oxygen atoms in total. The van der Waals surface area contributed by atoms with Crippen molar-refractivity contribution in [3.63, 3.8) is 0 Å². The van der Waals surface area contributed by atoms with Crippen molar-refractivity contribution in [2.24, 2.45) is 58.0 Å². The third kappa shape index (κ3) is 15.7. The van der Waals surface area contributed by atoms with E-state index < -0.39 is 90.4 Å². The summed E-state index contributed by atoms with van der Waals surface area (Å²) in [5, 5.41) is 23.2. The molecule has 0 heterocycles. The number of carboxylic acid groups (broad SMARTS) is 1. The molecule has 3 fully saturated rings. The van der Waals surface area contributed by atoms with Gasteiger partial charge in [-0.3, -0.25) is 33.6 Å². The summed E-state index contributed by atoms with van der Waals surface area (Å²) < 4.78 is 5.26. The Bertz CT molecular complexity index is 2240. The van der Waals surface area contributed by atoms with Gasteiger partial charge in [0.05, 0.1) is 12.6 Å². The zero-order chi connectivity index (χ0) is 54.7. The van der Waals surface area contributed by atoms with Gasteiger partial charge in [-0.05, 0) is 150 Å². The number of unbranched alkanes of at least 4 members (excludes halogenated alkanes) is 1. The summed E-state index contributed by atoms with van der Waals surface area (Å²) >= 11 is 0. The number of nitrogens with one attached hydrogen (secondary N) is 5. The van der Waals surface area contributed by atoms with Crippen LogP contribution in [0.3, 0.4) is 0 Å². The number of benzene rings is 1. The van der Waals surface area contributed by atoms with E-state index in [4.69, 9.17) is 10.5 Å². The molecule has 74 heavy (non-hydrogen) atoms. The molecule has 11 atom stereocenters. The molecule has 4 aliphatic rings. The number of ketones is 1. The molecular weight excluding hydrogens is 943 g/mol. The third-order valence-electron chi connectivity index (χ3n) is 16.3. The lowest BCUT2D eigenvalue weighted by molar-refractivity contribution is -0.142.